The van der Waals surface area contributed by atoms with Crippen LogP contribution in [-0.2, 0) is 9.53 Å². The average Bonchev–Trinajstić information content (AvgIpc) is 2.85. The normalized spacial score (nSPS) is 21.8. The number of ether oxygens (including phenoxy) is 1. The molecule has 0 aromatic carbocycles. The van der Waals surface area contributed by atoms with Gasteiger partial charge in [-0.1, -0.05) is 0 Å². The Morgan fingerprint density at radius 2 is 2.26 bits per heavy atom. The molecule has 1 fully saturated rings. The predicted octanol–water partition coefficient (Wildman–Crippen LogP) is 0.587. The Bertz CT molecular complexity index is 271. The molecule has 1 aliphatic rings. The van der Waals surface area contributed by atoms with Crippen LogP contribution in [0, 0.1) is 5.92 Å². The Morgan fingerprint density at radius 3 is 2.84 bits per heavy atom. The molecule has 2 unspecified atom stereocenters. The van der Waals surface area contributed by atoms with Crippen molar-refractivity contribution in [2.75, 3.05) is 33.4 Å². The molecule has 19 heavy (non-hydrogen) atoms. The monoisotopic (exact) mass is 271 g/mol. The van der Waals surface area contributed by atoms with Gasteiger partial charge in [0.15, 0.2) is 0 Å². The van der Waals surface area contributed by atoms with Crippen molar-refractivity contribution in [3.63, 3.8) is 0 Å². The highest BCUT2D eigenvalue weighted by Gasteiger charge is 2.24. The number of amides is 1. The van der Waals surface area contributed by atoms with E-state index in [1.165, 1.54) is 0 Å². The quantitative estimate of drug-likeness (QED) is 0.634. The molecule has 3 N–H and O–H groups in total. The minimum Gasteiger partial charge on any atom is -0.385 e. The largest absolute Gasteiger partial charge is 0.385 e. The lowest BCUT2D eigenvalue weighted by Gasteiger charge is -2.20. The van der Waals surface area contributed by atoms with Crippen LogP contribution in [0.15, 0.2) is 0 Å². The molecular weight excluding hydrogens is 242 g/mol. The van der Waals surface area contributed by atoms with Gasteiger partial charge in [-0.05, 0) is 45.6 Å². The van der Waals surface area contributed by atoms with Gasteiger partial charge >= 0.3 is 0 Å². The number of nitrogens with zero attached hydrogens (tertiary/aromatic N) is 1. The Balaban J connectivity index is 2.16. The summed E-state index contributed by atoms with van der Waals surface area (Å²) in [6.45, 7) is 8.06. The van der Waals surface area contributed by atoms with Crippen LogP contribution in [0.2, 0.25) is 0 Å². The molecule has 0 aromatic heterocycles. The summed E-state index contributed by atoms with van der Waals surface area (Å²) in [6.07, 6.45) is 2.68. The van der Waals surface area contributed by atoms with Crippen molar-refractivity contribution in [3.8, 4) is 0 Å². The van der Waals surface area contributed by atoms with Gasteiger partial charge in [-0.15, -0.1) is 0 Å². The van der Waals surface area contributed by atoms with Crippen molar-refractivity contribution in [2.45, 2.75) is 45.2 Å². The van der Waals surface area contributed by atoms with Crippen LogP contribution in [0.1, 0.15) is 33.1 Å². The van der Waals surface area contributed by atoms with Gasteiger partial charge < -0.3 is 20.7 Å². The van der Waals surface area contributed by atoms with Crippen LogP contribution in [-0.4, -0.2) is 56.2 Å². The number of hydrogen-bond acceptors (Lipinski definition) is 4. The summed E-state index contributed by atoms with van der Waals surface area (Å²) in [5.41, 5.74) is 5.84. The van der Waals surface area contributed by atoms with Gasteiger partial charge in [0.05, 0.1) is 6.04 Å². The van der Waals surface area contributed by atoms with E-state index in [9.17, 15) is 4.79 Å². The number of hydrogen-bond donors (Lipinski definition) is 2. The standard InChI is InChI=1S/C14H29N3O2/c1-11(2)17-7-6-12(10-17)9-16-14(18)13(15)5-4-8-19-3/h11-13H,4-10,15H2,1-3H3,(H,16,18). The first-order chi connectivity index (χ1) is 9.04. The second kappa shape index (κ2) is 8.51. The molecule has 2 atom stereocenters. The van der Waals surface area contributed by atoms with Gasteiger partial charge in [0.2, 0.25) is 5.91 Å². The number of methoxy groups -OCH3 is 1. The third-order valence-corrected chi connectivity index (χ3v) is 3.81. The topological polar surface area (TPSA) is 67.6 Å². The van der Waals surface area contributed by atoms with E-state index in [1.807, 2.05) is 0 Å². The summed E-state index contributed by atoms with van der Waals surface area (Å²) in [5, 5.41) is 2.98. The highest BCUT2D eigenvalue weighted by atomic mass is 16.5. The molecule has 0 aliphatic carbocycles. The Morgan fingerprint density at radius 1 is 1.53 bits per heavy atom. The molecule has 0 aromatic rings. The van der Waals surface area contributed by atoms with Crippen LogP contribution in [0.5, 0.6) is 0 Å². The van der Waals surface area contributed by atoms with Crippen molar-refractivity contribution in [2.24, 2.45) is 11.7 Å². The van der Waals surface area contributed by atoms with E-state index >= 15 is 0 Å². The summed E-state index contributed by atoms with van der Waals surface area (Å²) in [5.74, 6) is 0.539. The molecule has 0 spiro atoms. The summed E-state index contributed by atoms with van der Waals surface area (Å²) in [6, 6.07) is 0.190. The fraction of sp³-hybridized carbons (Fsp3) is 0.929. The molecule has 0 bridgehead atoms. The van der Waals surface area contributed by atoms with Crippen molar-refractivity contribution < 1.29 is 9.53 Å². The third-order valence-electron chi connectivity index (χ3n) is 3.81. The number of nitrogens with one attached hydrogen (secondary N) is 1. The van der Waals surface area contributed by atoms with Gasteiger partial charge in [0.25, 0.3) is 0 Å². The zero-order valence-electron chi connectivity index (χ0n) is 12.5. The molecule has 0 saturated carbocycles. The van der Waals surface area contributed by atoms with E-state index in [1.54, 1.807) is 7.11 Å². The van der Waals surface area contributed by atoms with E-state index in [4.69, 9.17) is 10.5 Å². The van der Waals surface area contributed by atoms with E-state index in [2.05, 4.69) is 24.1 Å². The number of nitrogens with two attached hydrogens (primary N) is 1. The SMILES string of the molecule is COCCCC(N)C(=O)NCC1CCN(C(C)C)C1. The zero-order chi connectivity index (χ0) is 14.3. The van der Waals surface area contributed by atoms with Crippen molar-refractivity contribution >= 4 is 5.91 Å². The Hall–Kier alpha value is -0.650. The van der Waals surface area contributed by atoms with Gasteiger partial charge in [-0.2, -0.15) is 0 Å². The van der Waals surface area contributed by atoms with Crippen LogP contribution in [0.4, 0.5) is 0 Å². The molecule has 5 heteroatoms. The van der Waals surface area contributed by atoms with Crippen LogP contribution < -0.4 is 11.1 Å². The van der Waals surface area contributed by atoms with Crippen molar-refractivity contribution in [1.82, 2.24) is 10.2 Å². The minimum atomic E-state index is -0.405. The highest BCUT2D eigenvalue weighted by molar-refractivity contribution is 5.81. The summed E-state index contributed by atoms with van der Waals surface area (Å²) >= 11 is 0. The fourth-order valence-electron chi connectivity index (χ4n) is 2.45. The lowest BCUT2D eigenvalue weighted by Crippen LogP contribution is -2.43. The lowest BCUT2D eigenvalue weighted by atomic mass is 10.1. The molecule has 0 radical (unpaired) electrons. The molecular formula is C14H29N3O2. The number of carbonyl (C=O) groups is 1. The smallest absolute Gasteiger partial charge is 0.236 e. The van der Waals surface area contributed by atoms with E-state index in [-0.39, 0.29) is 5.91 Å². The fourth-order valence-corrected chi connectivity index (χ4v) is 2.45. The second-order valence-corrected chi connectivity index (χ2v) is 5.73. The summed E-state index contributed by atoms with van der Waals surface area (Å²) in [7, 11) is 1.66. The third kappa shape index (κ3) is 5.89. The Kier molecular flexibility index (Phi) is 7.34. The molecule has 1 rings (SSSR count). The Labute approximate surface area is 116 Å². The van der Waals surface area contributed by atoms with Gasteiger partial charge in [-0.3, -0.25) is 4.79 Å². The number of carbonyl (C=O) groups excluding carboxylic acids is 1. The highest BCUT2D eigenvalue weighted by Crippen LogP contribution is 2.17. The van der Waals surface area contributed by atoms with E-state index < -0.39 is 6.04 Å². The van der Waals surface area contributed by atoms with Crippen LogP contribution in [0.3, 0.4) is 0 Å². The van der Waals surface area contributed by atoms with E-state index in [0.29, 0.717) is 25.0 Å². The maximum absolute atomic E-state index is 11.8. The predicted molar refractivity (Wildman–Crippen MR) is 76.9 cm³/mol. The number of rotatable bonds is 8. The van der Waals surface area contributed by atoms with Crippen LogP contribution >= 0.6 is 0 Å². The first-order valence-corrected chi connectivity index (χ1v) is 7.30. The summed E-state index contributed by atoms with van der Waals surface area (Å²) in [4.78, 5) is 14.3. The van der Waals surface area contributed by atoms with Crippen molar-refractivity contribution in [1.29, 1.82) is 0 Å². The molecule has 1 aliphatic heterocycles. The maximum atomic E-state index is 11.8. The zero-order valence-corrected chi connectivity index (χ0v) is 12.5. The first-order valence-electron chi connectivity index (χ1n) is 7.30. The molecule has 5 nitrogen and oxygen atoms in total. The molecule has 1 heterocycles. The summed E-state index contributed by atoms with van der Waals surface area (Å²) < 4.78 is 4.95. The molecule has 1 amide bonds. The van der Waals surface area contributed by atoms with Crippen molar-refractivity contribution in [3.05, 3.63) is 0 Å². The second-order valence-electron chi connectivity index (χ2n) is 5.73. The van der Waals surface area contributed by atoms with E-state index in [0.717, 1.165) is 32.5 Å². The van der Waals surface area contributed by atoms with Crippen LogP contribution in [0.25, 0.3) is 0 Å². The van der Waals surface area contributed by atoms with Gasteiger partial charge in [0.1, 0.15) is 0 Å². The average molecular weight is 271 g/mol. The first kappa shape index (κ1) is 16.4. The molecule has 112 valence electrons. The molecule has 1 saturated heterocycles. The number of likely N-dealkylation sites (tertiary alicyclic amines) is 1. The maximum Gasteiger partial charge on any atom is 0.236 e. The van der Waals surface area contributed by atoms with Gasteiger partial charge in [-0.25, -0.2) is 0 Å². The lowest BCUT2D eigenvalue weighted by molar-refractivity contribution is -0.122. The minimum absolute atomic E-state index is 0.0286. The van der Waals surface area contributed by atoms with Gasteiger partial charge in [0, 0.05) is 32.8 Å².